The Kier molecular flexibility index (Phi) is 7.27. The molecule has 1 aliphatic heterocycles. The lowest BCUT2D eigenvalue weighted by atomic mass is 10.2. The minimum Gasteiger partial charge on any atom is -0.379 e. The van der Waals surface area contributed by atoms with Gasteiger partial charge in [-0.2, -0.15) is 0 Å². The van der Waals surface area contributed by atoms with Gasteiger partial charge in [-0.25, -0.2) is 4.98 Å². The van der Waals surface area contributed by atoms with E-state index in [0.717, 1.165) is 41.3 Å². The SMILES string of the molecule is CC(C)OCCCn1c(SCc2ccc(N3CCCC3=O)cc2)nc2ccccc2c1=O. The summed E-state index contributed by atoms with van der Waals surface area (Å²) in [6, 6.07) is 15.6. The number of fused-ring (bicyclic) bond motifs is 1. The summed E-state index contributed by atoms with van der Waals surface area (Å²) >= 11 is 1.56. The van der Waals surface area contributed by atoms with Gasteiger partial charge in [0, 0.05) is 37.6 Å². The molecule has 6 nitrogen and oxygen atoms in total. The quantitative estimate of drug-likeness (QED) is 0.270. The van der Waals surface area contributed by atoms with E-state index in [2.05, 4.69) is 0 Å². The number of hydrogen-bond donors (Lipinski definition) is 0. The Morgan fingerprint density at radius 2 is 1.88 bits per heavy atom. The van der Waals surface area contributed by atoms with Crippen molar-refractivity contribution in [3.8, 4) is 0 Å². The third-order valence-electron chi connectivity index (χ3n) is 5.49. The number of amides is 1. The second kappa shape index (κ2) is 10.3. The Morgan fingerprint density at radius 1 is 1.09 bits per heavy atom. The largest absolute Gasteiger partial charge is 0.379 e. The van der Waals surface area contributed by atoms with Gasteiger partial charge in [0.1, 0.15) is 0 Å². The molecular weight excluding hydrogens is 422 g/mol. The maximum Gasteiger partial charge on any atom is 0.262 e. The van der Waals surface area contributed by atoms with Gasteiger partial charge >= 0.3 is 0 Å². The average molecular weight is 452 g/mol. The van der Waals surface area contributed by atoms with Gasteiger partial charge in [-0.05, 0) is 56.5 Å². The first-order chi connectivity index (χ1) is 15.5. The highest BCUT2D eigenvalue weighted by Crippen LogP contribution is 2.26. The summed E-state index contributed by atoms with van der Waals surface area (Å²) in [5.41, 5.74) is 2.79. The third kappa shape index (κ3) is 5.22. The number of aromatic nitrogens is 2. The minimum atomic E-state index is -0.00876. The lowest BCUT2D eigenvalue weighted by molar-refractivity contribution is -0.117. The van der Waals surface area contributed by atoms with Crippen LogP contribution < -0.4 is 10.5 Å². The van der Waals surface area contributed by atoms with E-state index >= 15 is 0 Å². The van der Waals surface area contributed by atoms with Crippen LogP contribution in [0.4, 0.5) is 5.69 Å². The summed E-state index contributed by atoms with van der Waals surface area (Å²) < 4.78 is 7.42. The molecule has 0 N–H and O–H groups in total. The molecule has 0 saturated carbocycles. The van der Waals surface area contributed by atoms with Crippen LogP contribution in [0.1, 0.15) is 38.7 Å². The number of hydrogen-bond acceptors (Lipinski definition) is 5. The van der Waals surface area contributed by atoms with E-state index in [9.17, 15) is 9.59 Å². The first-order valence-corrected chi connectivity index (χ1v) is 12.1. The predicted molar refractivity (Wildman–Crippen MR) is 129 cm³/mol. The zero-order valence-electron chi connectivity index (χ0n) is 18.6. The highest BCUT2D eigenvalue weighted by molar-refractivity contribution is 7.98. The summed E-state index contributed by atoms with van der Waals surface area (Å²) in [6.07, 6.45) is 2.48. The van der Waals surface area contributed by atoms with E-state index in [-0.39, 0.29) is 17.6 Å². The summed E-state index contributed by atoms with van der Waals surface area (Å²) in [7, 11) is 0. The first-order valence-electron chi connectivity index (χ1n) is 11.2. The maximum atomic E-state index is 13.1. The van der Waals surface area contributed by atoms with Gasteiger partial charge in [-0.15, -0.1) is 0 Å². The maximum absolute atomic E-state index is 13.1. The number of anilines is 1. The smallest absolute Gasteiger partial charge is 0.262 e. The van der Waals surface area contributed by atoms with Crippen LogP contribution in [0, 0.1) is 0 Å². The monoisotopic (exact) mass is 451 g/mol. The molecule has 0 radical (unpaired) electrons. The van der Waals surface area contributed by atoms with Gasteiger partial charge < -0.3 is 9.64 Å². The average Bonchev–Trinajstić information content (AvgIpc) is 3.22. The molecule has 1 saturated heterocycles. The van der Waals surface area contributed by atoms with E-state index < -0.39 is 0 Å². The number of rotatable bonds is 9. The van der Waals surface area contributed by atoms with Crippen molar-refractivity contribution in [2.75, 3.05) is 18.1 Å². The fourth-order valence-electron chi connectivity index (χ4n) is 3.84. The second-order valence-corrected chi connectivity index (χ2v) is 9.19. The Bertz CT molecular complexity index is 1140. The van der Waals surface area contributed by atoms with Gasteiger partial charge in [0.05, 0.1) is 17.0 Å². The molecular formula is C25H29N3O3S. The molecule has 2 heterocycles. The Morgan fingerprint density at radius 3 is 2.59 bits per heavy atom. The topological polar surface area (TPSA) is 64.4 Å². The van der Waals surface area contributed by atoms with Crippen molar-refractivity contribution in [1.29, 1.82) is 0 Å². The molecule has 1 aromatic heterocycles. The van der Waals surface area contributed by atoms with Crippen molar-refractivity contribution in [3.05, 3.63) is 64.4 Å². The third-order valence-corrected chi connectivity index (χ3v) is 6.54. The first kappa shape index (κ1) is 22.6. The lowest BCUT2D eigenvalue weighted by Gasteiger charge is -2.16. The van der Waals surface area contributed by atoms with Crippen LogP contribution in [0.3, 0.4) is 0 Å². The van der Waals surface area contributed by atoms with Crippen LogP contribution in [0.2, 0.25) is 0 Å². The number of nitrogens with zero attached hydrogens (tertiary/aromatic N) is 3. The molecule has 1 aliphatic rings. The number of para-hydroxylation sites is 1. The summed E-state index contributed by atoms with van der Waals surface area (Å²) in [4.78, 5) is 31.7. The van der Waals surface area contributed by atoms with Crippen molar-refractivity contribution in [2.45, 2.75) is 56.7 Å². The highest BCUT2D eigenvalue weighted by atomic mass is 32.2. The predicted octanol–water partition coefficient (Wildman–Crippen LogP) is 4.63. The molecule has 0 spiro atoms. The zero-order chi connectivity index (χ0) is 22.5. The van der Waals surface area contributed by atoms with Crippen LogP contribution in [-0.2, 0) is 21.8 Å². The molecule has 1 fully saturated rings. The number of carbonyl (C=O) groups excluding carboxylic acids is 1. The van der Waals surface area contributed by atoms with Gasteiger partial charge in [0.15, 0.2) is 5.16 Å². The molecule has 3 aromatic rings. The normalized spacial score (nSPS) is 14.1. The molecule has 0 aliphatic carbocycles. The summed E-state index contributed by atoms with van der Waals surface area (Å²) in [5, 5.41) is 1.36. The van der Waals surface area contributed by atoms with Crippen LogP contribution in [0.15, 0.2) is 58.5 Å². The molecule has 4 rings (SSSR count). The number of thioether (sulfide) groups is 1. The standard InChI is InChI=1S/C25H29N3O3S/c1-18(2)31-16-6-15-28-24(30)21-7-3-4-8-22(21)26-25(28)32-17-19-10-12-20(13-11-19)27-14-5-9-23(27)29/h3-4,7-8,10-13,18H,5-6,9,14-17H2,1-2H3. The Balaban J connectivity index is 1.51. The molecule has 2 aromatic carbocycles. The van der Waals surface area contributed by atoms with Crippen LogP contribution in [0.25, 0.3) is 10.9 Å². The molecule has 0 unspecified atom stereocenters. The van der Waals surface area contributed by atoms with Crippen molar-refractivity contribution in [1.82, 2.24) is 9.55 Å². The highest BCUT2D eigenvalue weighted by Gasteiger charge is 2.21. The molecule has 0 bridgehead atoms. The zero-order valence-corrected chi connectivity index (χ0v) is 19.4. The Labute approximate surface area is 192 Å². The van der Waals surface area contributed by atoms with Crippen molar-refractivity contribution >= 4 is 34.3 Å². The second-order valence-electron chi connectivity index (χ2n) is 8.25. The molecule has 1 amide bonds. The fourth-order valence-corrected chi connectivity index (χ4v) is 4.82. The van der Waals surface area contributed by atoms with Crippen LogP contribution in [0.5, 0.6) is 0 Å². The minimum absolute atomic E-state index is 0.00876. The summed E-state index contributed by atoms with van der Waals surface area (Å²) in [5.74, 6) is 0.888. The molecule has 32 heavy (non-hydrogen) atoms. The van der Waals surface area contributed by atoms with Crippen LogP contribution in [-0.4, -0.2) is 34.7 Å². The lowest BCUT2D eigenvalue weighted by Crippen LogP contribution is -2.24. The molecule has 7 heteroatoms. The number of ether oxygens (including phenoxy) is 1. The van der Waals surface area contributed by atoms with Gasteiger partial charge in [0.25, 0.3) is 5.56 Å². The Hall–Kier alpha value is -2.64. The van der Waals surface area contributed by atoms with Crippen LogP contribution >= 0.6 is 11.8 Å². The van der Waals surface area contributed by atoms with E-state index in [1.165, 1.54) is 0 Å². The summed E-state index contributed by atoms with van der Waals surface area (Å²) in [6.45, 7) is 5.99. The van der Waals surface area contributed by atoms with Gasteiger partial charge in [0.2, 0.25) is 5.91 Å². The number of carbonyl (C=O) groups is 1. The van der Waals surface area contributed by atoms with E-state index in [1.54, 1.807) is 16.3 Å². The van der Waals surface area contributed by atoms with E-state index in [1.807, 2.05) is 67.3 Å². The molecule has 0 atom stereocenters. The van der Waals surface area contributed by atoms with Gasteiger partial charge in [-0.1, -0.05) is 36.0 Å². The van der Waals surface area contributed by atoms with E-state index in [4.69, 9.17) is 9.72 Å². The number of benzene rings is 2. The van der Waals surface area contributed by atoms with Crippen molar-refractivity contribution < 1.29 is 9.53 Å². The van der Waals surface area contributed by atoms with E-state index in [0.29, 0.717) is 30.7 Å². The molecule has 168 valence electrons. The van der Waals surface area contributed by atoms with Crippen molar-refractivity contribution in [3.63, 3.8) is 0 Å². The fraction of sp³-hybridized carbons (Fsp3) is 0.400. The van der Waals surface area contributed by atoms with Gasteiger partial charge in [-0.3, -0.25) is 14.2 Å². The van der Waals surface area contributed by atoms with Crippen molar-refractivity contribution in [2.24, 2.45) is 0 Å².